The SMILES string of the molecule is O=C(CCOCc1ccc(C(F)(F)F)cc1)c1ccccc1. The molecule has 0 unspecified atom stereocenters. The van der Waals surface area contributed by atoms with Crippen LogP contribution in [0.4, 0.5) is 13.2 Å². The molecule has 2 nitrogen and oxygen atoms in total. The van der Waals surface area contributed by atoms with Gasteiger partial charge in [0, 0.05) is 12.0 Å². The second kappa shape index (κ2) is 7.22. The number of hydrogen-bond acceptors (Lipinski definition) is 2. The van der Waals surface area contributed by atoms with Gasteiger partial charge >= 0.3 is 6.18 Å². The van der Waals surface area contributed by atoms with Crippen molar-refractivity contribution in [3.8, 4) is 0 Å². The molecule has 0 bridgehead atoms. The molecule has 2 aromatic carbocycles. The minimum Gasteiger partial charge on any atom is -0.376 e. The first-order chi connectivity index (χ1) is 10.5. The van der Waals surface area contributed by atoms with Gasteiger partial charge in [-0.15, -0.1) is 0 Å². The quantitative estimate of drug-likeness (QED) is 0.580. The van der Waals surface area contributed by atoms with Crippen molar-refractivity contribution in [1.29, 1.82) is 0 Å². The Morgan fingerprint density at radius 2 is 1.59 bits per heavy atom. The first kappa shape index (κ1) is 16.2. The third kappa shape index (κ3) is 4.70. The van der Waals surface area contributed by atoms with E-state index in [4.69, 9.17) is 4.74 Å². The van der Waals surface area contributed by atoms with Crippen molar-refractivity contribution in [1.82, 2.24) is 0 Å². The van der Waals surface area contributed by atoms with E-state index in [-0.39, 0.29) is 25.4 Å². The number of carbonyl (C=O) groups excluding carboxylic acids is 1. The molecule has 2 aromatic rings. The van der Waals surface area contributed by atoms with Crippen LogP contribution in [0, 0.1) is 0 Å². The van der Waals surface area contributed by atoms with E-state index in [0.29, 0.717) is 11.1 Å². The van der Waals surface area contributed by atoms with Crippen LogP contribution in [0.2, 0.25) is 0 Å². The highest BCUT2D eigenvalue weighted by Gasteiger charge is 2.29. The van der Waals surface area contributed by atoms with Crippen LogP contribution in [0.5, 0.6) is 0 Å². The molecular formula is C17H15F3O2. The van der Waals surface area contributed by atoms with Gasteiger partial charge in [-0.05, 0) is 17.7 Å². The standard InChI is InChI=1S/C17H15F3O2/c18-17(19,20)15-8-6-13(7-9-15)12-22-11-10-16(21)14-4-2-1-3-5-14/h1-9H,10-12H2. The maximum atomic E-state index is 12.4. The van der Waals surface area contributed by atoms with Crippen molar-refractivity contribution in [3.63, 3.8) is 0 Å². The predicted molar refractivity (Wildman–Crippen MR) is 76.5 cm³/mol. The Kier molecular flexibility index (Phi) is 5.33. The molecule has 0 atom stereocenters. The fourth-order valence-corrected chi connectivity index (χ4v) is 1.91. The highest BCUT2D eigenvalue weighted by atomic mass is 19.4. The van der Waals surface area contributed by atoms with Crippen molar-refractivity contribution >= 4 is 5.78 Å². The van der Waals surface area contributed by atoms with Crippen LogP contribution in [-0.2, 0) is 17.5 Å². The fourth-order valence-electron chi connectivity index (χ4n) is 1.91. The van der Waals surface area contributed by atoms with Crippen molar-refractivity contribution < 1.29 is 22.7 Å². The zero-order valence-corrected chi connectivity index (χ0v) is 11.8. The summed E-state index contributed by atoms with van der Waals surface area (Å²) in [6, 6.07) is 13.7. The number of hydrogen-bond donors (Lipinski definition) is 0. The van der Waals surface area contributed by atoms with Crippen LogP contribution in [-0.4, -0.2) is 12.4 Å². The summed E-state index contributed by atoms with van der Waals surface area (Å²) in [6.45, 7) is 0.412. The van der Waals surface area contributed by atoms with Gasteiger partial charge in [0.25, 0.3) is 0 Å². The molecule has 0 heterocycles. The number of Topliss-reactive ketones (excluding diaryl/α,β-unsaturated/α-hetero) is 1. The highest BCUT2D eigenvalue weighted by molar-refractivity contribution is 5.96. The summed E-state index contributed by atoms with van der Waals surface area (Å²) in [6.07, 6.45) is -4.09. The number of benzene rings is 2. The number of alkyl halides is 3. The van der Waals surface area contributed by atoms with Crippen LogP contribution in [0.25, 0.3) is 0 Å². The molecule has 0 saturated carbocycles. The number of carbonyl (C=O) groups is 1. The zero-order chi connectivity index (χ0) is 16.0. The Morgan fingerprint density at radius 3 is 2.18 bits per heavy atom. The van der Waals surface area contributed by atoms with Gasteiger partial charge in [0.2, 0.25) is 0 Å². The summed E-state index contributed by atoms with van der Waals surface area (Å²) in [5, 5.41) is 0. The van der Waals surface area contributed by atoms with Crippen molar-refractivity contribution in [2.75, 3.05) is 6.61 Å². The third-order valence-electron chi connectivity index (χ3n) is 3.12. The second-order valence-electron chi connectivity index (χ2n) is 4.79. The monoisotopic (exact) mass is 308 g/mol. The normalized spacial score (nSPS) is 11.4. The molecule has 0 aliphatic rings. The summed E-state index contributed by atoms with van der Waals surface area (Å²) in [7, 11) is 0. The van der Waals surface area contributed by atoms with E-state index in [9.17, 15) is 18.0 Å². The molecule has 0 aliphatic carbocycles. The van der Waals surface area contributed by atoms with Gasteiger partial charge in [0.05, 0.1) is 18.8 Å². The Labute approximate surface area is 126 Å². The van der Waals surface area contributed by atoms with Crippen LogP contribution in [0.1, 0.15) is 27.9 Å². The maximum absolute atomic E-state index is 12.4. The molecule has 2 rings (SSSR count). The van der Waals surface area contributed by atoms with Crippen molar-refractivity contribution in [2.24, 2.45) is 0 Å². The van der Waals surface area contributed by atoms with E-state index >= 15 is 0 Å². The fraction of sp³-hybridized carbons (Fsp3) is 0.235. The first-order valence-electron chi connectivity index (χ1n) is 6.79. The molecule has 0 saturated heterocycles. The third-order valence-corrected chi connectivity index (χ3v) is 3.12. The Bertz CT molecular complexity index is 604. The molecule has 0 spiro atoms. The predicted octanol–water partition coefficient (Wildman–Crippen LogP) is 4.50. The molecule has 0 amide bonds. The number of rotatable bonds is 6. The minimum absolute atomic E-state index is 0.0204. The zero-order valence-electron chi connectivity index (χ0n) is 11.8. The van der Waals surface area contributed by atoms with Gasteiger partial charge in [-0.1, -0.05) is 42.5 Å². The summed E-state index contributed by atoms with van der Waals surface area (Å²) >= 11 is 0. The molecule has 0 N–H and O–H groups in total. The van der Waals surface area contributed by atoms with Crippen molar-refractivity contribution in [3.05, 3.63) is 71.3 Å². The summed E-state index contributed by atoms with van der Waals surface area (Å²) in [4.78, 5) is 11.8. The van der Waals surface area contributed by atoms with Gasteiger partial charge in [-0.3, -0.25) is 4.79 Å². The molecule has 116 valence electrons. The lowest BCUT2D eigenvalue weighted by atomic mass is 10.1. The second-order valence-corrected chi connectivity index (χ2v) is 4.79. The van der Waals surface area contributed by atoms with Crippen LogP contribution >= 0.6 is 0 Å². The lowest BCUT2D eigenvalue weighted by Gasteiger charge is -2.08. The van der Waals surface area contributed by atoms with Gasteiger partial charge in [0.1, 0.15) is 0 Å². The molecule has 22 heavy (non-hydrogen) atoms. The van der Waals surface area contributed by atoms with Crippen LogP contribution in [0.15, 0.2) is 54.6 Å². The van der Waals surface area contributed by atoms with Gasteiger partial charge in [0.15, 0.2) is 5.78 Å². The van der Waals surface area contributed by atoms with Gasteiger partial charge in [-0.25, -0.2) is 0 Å². The maximum Gasteiger partial charge on any atom is 0.416 e. The average Bonchev–Trinajstić information content (AvgIpc) is 2.52. The summed E-state index contributed by atoms with van der Waals surface area (Å²) < 4.78 is 42.6. The van der Waals surface area contributed by atoms with E-state index in [1.807, 2.05) is 6.07 Å². The number of ether oxygens (including phenoxy) is 1. The number of ketones is 1. The summed E-state index contributed by atoms with van der Waals surface area (Å²) in [5.74, 6) is -0.0204. The van der Waals surface area contributed by atoms with Crippen LogP contribution < -0.4 is 0 Å². The van der Waals surface area contributed by atoms with E-state index in [0.717, 1.165) is 12.1 Å². The minimum atomic E-state index is -4.33. The largest absolute Gasteiger partial charge is 0.416 e. The van der Waals surface area contributed by atoms with E-state index in [1.165, 1.54) is 12.1 Å². The topological polar surface area (TPSA) is 26.3 Å². The molecule has 0 aromatic heterocycles. The van der Waals surface area contributed by atoms with Crippen LogP contribution in [0.3, 0.4) is 0 Å². The molecule has 0 fully saturated rings. The highest BCUT2D eigenvalue weighted by Crippen LogP contribution is 2.29. The Hall–Kier alpha value is -2.14. The molecular weight excluding hydrogens is 293 g/mol. The Morgan fingerprint density at radius 1 is 0.955 bits per heavy atom. The lowest BCUT2D eigenvalue weighted by molar-refractivity contribution is -0.137. The van der Waals surface area contributed by atoms with Gasteiger partial charge in [-0.2, -0.15) is 13.2 Å². The molecule has 0 aliphatic heterocycles. The molecule has 5 heteroatoms. The average molecular weight is 308 g/mol. The van der Waals surface area contributed by atoms with Crippen molar-refractivity contribution in [2.45, 2.75) is 19.2 Å². The molecule has 0 radical (unpaired) electrons. The number of halogens is 3. The first-order valence-corrected chi connectivity index (χ1v) is 6.79. The smallest absolute Gasteiger partial charge is 0.376 e. The van der Waals surface area contributed by atoms with Gasteiger partial charge < -0.3 is 4.74 Å². The van der Waals surface area contributed by atoms with E-state index < -0.39 is 11.7 Å². The summed E-state index contributed by atoms with van der Waals surface area (Å²) in [5.41, 5.74) is 0.580. The lowest BCUT2D eigenvalue weighted by Crippen LogP contribution is -2.06. The van der Waals surface area contributed by atoms with E-state index in [2.05, 4.69) is 0 Å². The Balaban J connectivity index is 1.76. The van der Waals surface area contributed by atoms with E-state index in [1.54, 1.807) is 24.3 Å².